The Morgan fingerprint density at radius 2 is 2.27 bits per heavy atom. The van der Waals surface area contributed by atoms with Crippen molar-refractivity contribution in [1.82, 2.24) is 4.90 Å². The van der Waals surface area contributed by atoms with Crippen LogP contribution in [-0.4, -0.2) is 35.7 Å². The number of hydrogen-bond acceptors (Lipinski definition) is 2. The molecule has 1 aliphatic rings. The van der Waals surface area contributed by atoms with E-state index in [1.807, 2.05) is 6.07 Å². The molecule has 0 bridgehead atoms. The highest BCUT2D eigenvalue weighted by molar-refractivity contribution is 9.10. The fourth-order valence-electron chi connectivity index (χ4n) is 2.00. The first kappa shape index (κ1) is 11.1. The number of hydrogen-bond donors (Lipinski definition) is 1. The molecule has 0 amide bonds. The second-order valence-electron chi connectivity index (χ2n) is 4.33. The van der Waals surface area contributed by atoms with Crippen LogP contribution in [0.3, 0.4) is 0 Å². The van der Waals surface area contributed by atoms with Gasteiger partial charge in [-0.1, -0.05) is 35.0 Å². The molecule has 0 aromatic heterocycles. The van der Waals surface area contributed by atoms with Gasteiger partial charge in [-0.3, -0.25) is 4.90 Å². The molecule has 1 heterocycles. The van der Waals surface area contributed by atoms with Crippen LogP contribution in [0.15, 0.2) is 28.7 Å². The zero-order chi connectivity index (χ0) is 10.8. The maximum Gasteiger partial charge on any atom is 0.0793 e. The van der Waals surface area contributed by atoms with Gasteiger partial charge in [0.05, 0.1) is 6.10 Å². The smallest absolute Gasteiger partial charge is 0.0793 e. The molecule has 3 heteroatoms. The second-order valence-corrected chi connectivity index (χ2v) is 5.24. The van der Waals surface area contributed by atoms with E-state index < -0.39 is 0 Å². The van der Waals surface area contributed by atoms with Gasteiger partial charge in [0, 0.05) is 24.1 Å². The van der Waals surface area contributed by atoms with Crippen LogP contribution >= 0.6 is 15.9 Å². The van der Waals surface area contributed by atoms with E-state index in [9.17, 15) is 5.11 Å². The first-order valence-corrected chi connectivity index (χ1v) is 6.10. The lowest BCUT2D eigenvalue weighted by Crippen LogP contribution is -2.51. The third-order valence-corrected chi connectivity index (χ3v) is 3.38. The Balaban J connectivity index is 1.93. The zero-order valence-corrected chi connectivity index (χ0v) is 10.4. The van der Waals surface area contributed by atoms with E-state index in [-0.39, 0.29) is 6.10 Å². The van der Waals surface area contributed by atoms with Crippen molar-refractivity contribution in [2.24, 2.45) is 0 Å². The minimum absolute atomic E-state index is 0.0975. The van der Waals surface area contributed by atoms with Crippen LogP contribution in [0.2, 0.25) is 0 Å². The number of aliphatic hydroxyl groups excluding tert-OH is 1. The fourth-order valence-corrected chi connectivity index (χ4v) is 2.41. The van der Waals surface area contributed by atoms with E-state index in [1.165, 1.54) is 5.56 Å². The predicted molar refractivity (Wildman–Crippen MR) is 65.0 cm³/mol. The number of β-amino-alcohol motifs (C(OH)–C–C–N with tert-alkyl or cyclic N) is 1. The number of benzene rings is 1. The third kappa shape index (κ3) is 2.80. The summed E-state index contributed by atoms with van der Waals surface area (Å²) in [4.78, 5) is 2.29. The number of halogens is 1. The Kier molecular flexibility index (Phi) is 3.44. The molecule has 82 valence electrons. The normalized spacial score (nSPS) is 19.9. The molecule has 1 aromatic rings. The molecule has 0 aliphatic carbocycles. The van der Waals surface area contributed by atoms with Crippen LogP contribution in [-0.2, 0) is 0 Å². The Bertz CT molecular complexity index is 336. The molecular formula is C12H16BrNO. The van der Waals surface area contributed by atoms with Crippen molar-refractivity contribution < 1.29 is 5.11 Å². The molecule has 0 radical (unpaired) electrons. The quantitative estimate of drug-likeness (QED) is 0.910. The van der Waals surface area contributed by atoms with Crippen LogP contribution < -0.4 is 0 Å². The average molecular weight is 270 g/mol. The van der Waals surface area contributed by atoms with Gasteiger partial charge in [-0.2, -0.15) is 0 Å². The molecule has 0 saturated carbocycles. The zero-order valence-electron chi connectivity index (χ0n) is 8.86. The van der Waals surface area contributed by atoms with Crippen molar-refractivity contribution in [3.63, 3.8) is 0 Å². The van der Waals surface area contributed by atoms with Crippen LogP contribution in [0, 0.1) is 0 Å². The summed E-state index contributed by atoms with van der Waals surface area (Å²) in [6.07, 6.45) is -0.0975. The van der Waals surface area contributed by atoms with Crippen molar-refractivity contribution in [3.8, 4) is 0 Å². The summed E-state index contributed by atoms with van der Waals surface area (Å²) in [5.74, 6) is 0.523. The van der Waals surface area contributed by atoms with Crippen molar-refractivity contribution >= 4 is 15.9 Å². The summed E-state index contributed by atoms with van der Waals surface area (Å²) in [7, 11) is 0. The van der Waals surface area contributed by atoms with Gasteiger partial charge in [-0.05, 0) is 23.6 Å². The van der Waals surface area contributed by atoms with Crippen LogP contribution in [0.1, 0.15) is 18.4 Å². The monoisotopic (exact) mass is 269 g/mol. The molecule has 1 aliphatic heterocycles. The van der Waals surface area contributed by atoms with Gasteiger partial charge in [0.25, 0.3) is 0 Å². The van der Waals surface area contributed by atoms with Gasteiger partial charge in [0.15, 0.2) is 0 Å². The summed E-state index contributed by atoms with van der Waals surface area (Å²) >= 11 is 3.48. The van der Waals surface area contributed by atoms with E-state index in [4.69, 9.17) is 0 Å². The van der Waals surface area contributed by atoms with E-state index >= 15 is 0 Å². The highest BCUT2D eigenvalue weighted by Gasteiger charge is 2.25. The Labute approximate surface area is 99.0 Å². The predicted octanol–water partition coefficient (Wildman–Crippen LogP) is 2.23. The number of likely N-dealkylation sites (tertiary alicyclic amines) is 1. The van der Waals surface area contributed by atoms with Gasteiger partial charge < -0.3 is 5.11 Å². The molecule has 2 rings (SSSR count). The molecule has 1 atom stereocenters. The number of rotatable bonds is 3. The standard InChI is InChI=1S/C12H16BrNO/c1-9(6-14-7-12(15)8-14)10-3-2-4-11(13)5-10/h2-5,9,12,15H,6-8H2,1H3/t9-/m0/s1. The second kappa shape index (κ2) is 4.64. The molecule has 0 unspecified atom stereocenters. The van der Waals surface area contributed by atoms with Gasteiger partial charge >= 0.3 is 0 Å². The van der Waals surface area contributed by atoms with Crippen molar-refractivity contribution in [1.29, 1.82) is 0 Å². The third-order valence-electron chi connectivity index (χ3n) is 2.89. The van der Waals surface area contributed by atoms with Crippen molar-refractivity contribution in [2.45, 2.75) is 18.9 Å². The summed E-state index contributed by atoms with van der Waals surface area (Å²) < 4.78 is 1.13. The van der Waals surface area contributed by atoms with Crippen LogP contribution in [0.25, 0.3) is 0 Å². The fraction of sp³-hybridized carbons (Fsp3) is 0.500. The van der Waals surface area contributed by atoms with E-state index in [0.29, 0.717) is 5.92 Å². The SMILES string of the molecule is C[C@@H](CN1CC(O)C1)c1cccc(Br)c1. The highest BCUT2D eigenvalue weighted by atomic mass is 79.9. The molecule has 1 saturated heterocycles. The number of aliphatic hydroxyl groups is 1. The van der Waals surface area contributed by atoms with Gasteiger partial charge in [-0.15, -0.1) is 0 Å². The largest absolute Gasteiger partial charge is 0.390 e. The first-order valence-electron chi connectivity index (χ1n) is 5.31. The molecule has 2 nitrogen and oxygen atoms in total. The van der Waals surface area contributed by atoms with Crippen LogP contribution in [0.5, 0.6) is 0 Å². The summed E-state index contributed by atoms with van der Waals surface area (Å²) in [5, 5.41) is 9.20. The van der Waals surface area contributed by atoms with Crippen molar-refractivity contribution in [3.05, 3.63) is 34.3 Å². The number of nitrogens with zero attached hydrogens (tertiary/aromatic N) is 1. The van der Waals surface area contributed by atoms with E-state index in [0.717, 1.165) is 24.1 Å². The lowest BCUT2D eigenvalue weighted by atomic mass is 9.99. The lowest BCUT2D eigenvalue weighted by Gasteiger charge is -2.37. The minimum Gasteiger partial charge on any atom is -0.390 e. The molecule has 1 aromatic carbocycles. The maximum atomic E-state index is 9.20. The Morgan fingerprint density at radius 3 is 2.87 bits per heavy atom. The van der Waals surface area contributed by atoms with Crippen molar-refractivity contribution in [2.75, 3.05) is 19.6 Å². The minimum atomic E-state index is -0.0975. The molecule has 1 N–H and O–H groups in total. The van der Waals surface area contributed by atoms with E-state index in [2.05, 4.69) is 46.0 Å². The van der Waals surface area contributed by atoms with Crippen LogP contribution in [0.4, 0.5) is 0 Å². The average Bonchev–Trinajstić information content (AvgIpc) is 2.15. The molecule has 0 spiro atoms. The Hall–Kier alpha value is -0.380. The molecule has 1 fully saturated rings. The van der Waals surface area contributed by atoms with Gasteiger partial charge in [0.1, 0.15) is 0 Å². The lowest BCUT2D eigenvalue weighted by molar-refractivity contribution is -0.000322. The first-order chi connectivity index (χ1) is 7.15. The summed E-state index contributed by atoms with van der Waals surface area (Å²) in [6.45, 7) is 4.93. The van der Waals surface area contributed by atoms with Gasteiger partial charge in [-0.25, -0.2) is 0 Å². The summed E-state index contributed by atoms with van der Waals surface area (Å²) in [5.41, 5.74) is 1.35. The molecular weight excluding hydrogens is 254 g/mol. The van der Waals surface area contributed by atoms with Gasteiger partial charge in [0.2, 0.25) is 0 Å². The molecule has 15 heavy (non-hydrogen) atoms. The maximum absolute atomic E-state index is 9.20. The van der Waals surface area contributed by atoms with E-state index in [1.54, 1.807) is 0 Å². The highest BCUT2D eigenvalue weighted by Crippen LogP contribution is 2.22. The Morgan fingerprint density at radius 1 is 1.53 bits per heavy atom. The summed E-state index contributed by atoms with van der Waals surface area (Å²) in [6, 6.07) is 8.44. The topological polar surface area (TPSA) is 23.5 Å².